The van der Waals surface area contributed by atoms with E-state index in [1.54, 1.807) is 4.90 Å². The van der Waals surface area contributed by atoms with Gasteiger partial charge in [-0.2, -0.15) is 0 Å². The Labute approximate surface area is 213 Å². The molecule has 0 spiro atoms. The second-order valence-corrected chi connectivity index (χ2v) is 10.0. The summed E-state index contributed by atoms with van der Waals surface area (Å²) in [4.78, 5) is 44.8. The van der Waals surface area contributed by atoms with E-state index in [0.29, 0.717) is 11.1 Å². The van der Waals surface area contributed by atoms with Crippen LogP contribution in [0.5, 0.6) is 0 Å². The Balaban J connectivity index is 1.86. The molecule has 3 aromatic carbocycles. The van der Waals surface area contributed by atoms with E-state index < -0.39 is 11.8 Å². The number of likely N-dealkylation sites (tertiary alicyclic amines) is 1. The van der Waals surface area contributed by atoms with Crippen molar-refractivity contribution < 1.29 is 14.4 Å². The quantitative estimate of drug-likeness (QED) is 0.455. The molecule has 36 heavy (non-hydrogen) atoms. The second-order valence-electron chi connectivity index (χ2n) is 10.0. The summed E-state index contributed by atoms with van der Waals surface area (Å²) in [6, 6.07) is 24.5. The zero-order valence-corrected chi connectivity index (χ0v) is 21.5. The van der Waals surface area contributed by atoms with Crippen molar-refractivity contribution in [3.8, 4) is 0 Å². The number of hydrogen-bond acceptors (Lipinski definition) is 4. The highest BCUT2D eigenvalue weighted by Crippen LogP contribution is 2.42. The van der Waals surface area contributed by atoms with Crippen LogP contribution in [0.15, 0.2) is 78.9 Å². The van der Waals surface area contributed by atoms with Crippen molar-refractivity contribution in [1.82, 2.24) is 9.80 Å². The highest BCUT2D eigenvalue weighted by Gasteiger charge is 2.46. The van der Waals surface area contributed by atoms with E-state index in [0.717, 1.165) is 16.7 Å². The Kier molecular flexibility index (Phi) is 7.80. The first-order valence-corrected chi connectivity index (χ1v) is 12.4. The third kappa shape index (κ3) is 5.31. The van der Waals surface area contributed by atoms with Crippen LogP contribution in [-0.4, -0.2) is 61.0 Å². The number of carbonyl (C=O) groups is 3. The summed E-state index contributed by atoms with van der Waals surface area (Å²) < 4.78 is 0. The normalized spacial score (nSPS) is 19.8. The zero-order chi connectivity index (χ0) is 25.8. The number of aryl methyl sites for hydroxylation is 1. The van der Waals surface area contributed by atoms with Gasteiger partial charge in [-0.15, -0.1) is 0 Å². The molecule has 3 aromatic rings. The summed E-state index contributed by atoms with van der Waals surface area (Å²) in [5.41, 5.74) is 4.43. The molecule has 1 aliphatic heterocycles. The number of ketones is 2. The number of benzene rings is 3. The van der Waals surface area contributed by atoms with Crippen molar-refractivity contribution in [3.05, 3.63) is 107 Å². The largest absolute Gasteiger partial charge is 0.340 e. The smallest absolute Gasteiger partial charge is 0.236 e. The average Bonchev–Trinajstić information content (AvgIpc) is 2.89. The van der Waals surface area contributed by atoms with Crippen LogP contribution in [0.3, 0.4) is 0 Å². The minimum atomic E-state index is -0.537. The van der Waals surface area contributed by atoms with Crippen LogP contribution in [0.25, 0.3) is 0 Å². The molecule has 2 unspecified atom stereocenters. The molecule has 1 fully saturated rings. The van der Waals surface area contributed by atoms with E-state index >= 15 is 0 Å². The monoisotopic (exact) mass is 482 g/mol. The molecule has 2 atom stereocenters. The molecule has 1 aliphatic rings. The average molecular weight is 483 g/mol. The van der Waals surface area contributed by atoms with Gasteiger partial charge < -0.3 is 9.80 Å². The summed E-state index contributed by atoms with van der Waals surface area (Å²) >= 11 is 0. The molecule has 0 bridgehead atoms. The van der Waals surface area contributed by atoms with Crippen LogP contribution >= 0.6 is 0 Å². The molecule has 0 radical (unpaired) electrons. The highest BCUT2D eigenvalue weighted by molar-refractivity contribution is 6.02. The molecule has 0 N–H and O–H groups in total. The number of piperidine rings is 1. The van der Waals surface area contributed by atoms with Crippen molar-refractivity contribution >= 4 is 17.5 Å². The molecule has 4 rings (SSSR count). The topological polar surface area (TPSA) is 57.7 Å². The standard InChI is InChI=1S/C31H34N2O3/c1-21-12-11-17-25(22(21)2)29-26(30(35)23-13-7-5-8-14-23)18-33(28(34)20-32(3)4)19-27(29)31(36)24-15-9-6-10-16-24/h5-17,26-27,29H,18-20H2,1-4H3. The van der Waals surface area contributed by atoms with Gasteiger partial charge in [-0.3, -0.25) is 14.4 Å². The molecule has 186 valence electrons. The van der Waals surface area contributed by atoms with E-state index in [1.165, 1.54) is 0 Å². The Morgan fingerprint density at radius 3 is 1.72 bits per heavy atom. The maximum Gasteiger partial charge on any atom is 0.236 e. The molecule has 5 heteroatoms. The first kappa shape index (κ1) is 25.5. The number of hydrogen-bond donors (Lipinski definition) is 0. The van der Waals surface area contributed by atoms with E-state index in [2.05, 4.69) is 19.9 Å². The van der Waals surface area contributed by atoms with Gasteiger partial charge in [0.15, 0.2) is 11.6 Å². The maximum absolute atomic E-state index is 14.0. The first-order valence-electron chi connectivity index (χ1n) is 12.4. The summed E-state index contributed by atoms with van der Waals surface area (Å²) in [7, 11) is 3.69. The van der Waals surface area contributed by atoms with E-state index in [1.807, 2.05) is 91.8 Å². The van der Waals surface area contributed by atoms with Gasteiger partial charge in [-0.1, -0.05) is 78.9 Å². The Bertz CT molecular complexity index is 1180. The van der Waals surface area contributed by atoms with Gasteiger partial charge in [0, 0.05) is 42.0 Å². The lowest BCUT2D eigenvalue weighted by molar-refractivity contribution is -0.134. The van der Waals surface area contributed by atoms with E-state index in [4.69, 9.17) is 0 Å². The van der Waals surface area contributed by atoms with Gasteiger partial charge in [0.25, 0.3) is 0 Å². The summed E-state index contributed by atoms with van der Waals surface area (Å²) in [6.45, 7) is 4.92. The Hall–Kier alpha value is -3.57. The minimum absolute atomic E-state index is 0.0327. The number of rotatable bonds is 7. The predicted octanol–water partition coefficient (Wildman–Crippen LogP) is 4.79. The third-order valence-corrected chi connectivity index (χ3v) is 7.30. The second kappa shape index (κ2) is 11.0. The number of carbonyl (C=O) groups excluding carboxylic acids is 3. The van der Waals surface area contributed by atoms with Gasteiger partial charge in [0.1, 0.15) is 0 Å². The van der Waals surface area contributed by atoms with Crippen LogP contribution in [-0.2, 0) is 4.79 Å². The lowest BCUT2D eigenvalue weighted by atomic mass is 9.67. The maximum atomic E-state index is 14.0. The molecule has 0 saturated carbocycles. The number of Topliss-reactive ketones (excluding diaryl/α,β-unsaturated/α-hetero) is 2. The first-order chi connectivity index (χ1) is 17.3. The van der Waals surface area contributed by atoms with E-state index in [9.17, 15) is 14.4 Å². The van der Waals surface area contributed by atoms with Gasteiger partial charge in [0.05, 0.1) is 6.54 Å². The molecule has 1 saturated heterocycles. The molecule has 1 heterocycles. The fourth-order valence-corrected chi connectivity index (χ4v) is 5.32. The summed E-state index contributed by atoms with van der Waals surface area (Å²) in [5, 5.41) is 0. The number of nitrogens with zero attached hydrogens (tertiary/aromatic N) is 2. The number of likely N-dealkylation sites (N-methyl/N-ethyl adjacent to an activating group) is 1. The predicted molar refractivity (Wildman–Crippen MR) is 142 cm³/mol. The van der Waals surface area contributed by atoms with Crippen molar-refractivity contribution in [2.24, 2.45) is 11.8 Å². The number of amides is 1. The van der Waals surface area contributed by atoms with Gasteiger partial charge in [0.2, 0.25) is 5.91 Å². The van der Waals surface area contributed by atoms with Gasteiger partial charge in [-0.25, -0.2) is 0 Å². The zero-order valence-electron chi connectivity index (χ0n) is 21.5. The summed E-state index contributed by atoms with van der Waals surface area (Å²) in [5.74, 6) is -1.55. The lowest BCUT2D eigenvalue weighted by Gasteiger charge is -2.44. The molecular weight excluding hydrogens is 448 g/mol. The molecule has 0 aliphatic carbocycles. The SMILES string of the molecule is Cc1cccc(C2C(C(=O)c3ccccc3)CN(C(=O)CN(C)C)CC2C(=O)c2ccccc2)c1C. The van der Waals surface area contributed by atoms with Gasteiger partial charge in [-0.05, 0) is 44.6 Å². The fraction of sp³-hybridized carbons (Fsp3) is 0.323. The van der Waals surface area contributed by atoms with Crippen molar-refractivity contribution in [2.45, 2.75) is 19.8 Å². The van der Waals surface area contributed by atoms with Crippen LogP contribution in [0.4, 0.5) is 0 Å². The highest BCUT2D eigenvalue weighted by atomic mass is 16.2. The van der Waals surface area contributed by atoms with E-state index in [-0.39, 0.29) is 43.0 Å². The molecule has 1 amide bonds. The molecule has 0 aromatic heterocycles. The minimum Gasteiger partial charge on any atom is -0.340 e. The molecular formula is C31H34N2O3. The van der Waals surface area contributed by atoms with Crippen LogP contribution in [0.1, 0.15) is 43.3 Å². The molecule has 5 nitrogen and oxygen atoms in total. The summed E-state index contributed by atoms with van der Waals surface area (Å²) in [6.07, 6.45) is 0. The Morgan fingerprint density at radius 1 is 0.750 bits per heavy atom. The van der Waals surface area contributed by atoms with Crippen LogP contribution in [0.2, 0.25) is 0 Å². The fourth-order valence-electron chi connectivity index (χ4n) is 5.32. The van der Waals surface area contributed by atoms with Crippen molar-refractivity contribution in [2.75, 3.05) is 33.7 Å². The van der Waals surface area contributed by atoms with Crippen LogP contribution < -0.4 is 0 Å². The third-order valence-electron chi connectivity index (χ3n) is 7.30. The Morgan fingerprint density at radius 2 is 1.25 bits per heavy atom. The van der Waals surface area contributed by atoms with Crippen molar-refractivity contribution in [1.29, 1.82) is 0 Å². The van der Waals surface area contributed by atoms with Crippen LogP contribution in [0, 0.1) is 25.7 Å². The lowest BCUT2D eigenvalue weighted by Crippen LogP contribution is -2.54. The van der Waals surface area contributed by atoms with Crippen molar-refractivity contribution in [3.63, 3.8) is 0 Å². The van der Waals surface area contributed by atoms with Gasteiger partial charge >= 0.3 is 0 Å².